The Morgan fingerprint density at radius 1 is 1.38 bits per heavy atom. The molecule has 2 rings (SSSR count). The minimum Gasteiger partial charge on any atom is -0.386 e. The maximum atomic E-state index is 13.6. The Morgan fingerprint density at radius 3 is 2.71 bits per heavy atom. The zero-order chi connectivity index (χ0) is 15.6. The third-order valence-electron chi connectivity index (χ3n) is 3.06. The number of rotatable bonds is 4. The van der Waals surface area contributed by atoms with Crippen LogP contribution in [0.2, 0.25) is 0 Å². The number of aliphatic hydroxyl groups is 1. The van der Waals surface area contributed by atoms with E-state index in [9.17, 15) is 18.7 Å². The van der Waals surface area contributed by atoms with E-state index in [2.05, 4.69) is 5.10 Å². The summed E-state index contributed by atoms with van der Waals surface area (Å²) >= 11 is 0. The first-order valence-electron chi connectivity index (χ1n) is 6.26. The highest BCUT2D eigenvalue weighted by atomic mass is 19.2. The van der Waals surface area contributed by atoms with E-state index in [0.29, 0.717) is 5.69 Å². The largest absolute Gasteiger partial charge is 0.386 e. The number of hydrogen-bond acceptors (Lipinski definition) is 4. The van der Waals surface area contributed by atoms with E-state index in [-0.39, 0.29) is 12.1 Å². The van der Waals surface area contributed by atoms with Gasteiger partial charge in [-0.3, -0.25) is 4.79 Å². The molecule has 0 radical (unpaired) electrons. The summed E-state index contributed by atoms with van der Waals surface area (Å²) in [6.07, 6.45) is 0.0897. The predicted molar refractivity (Wildman–Crippen MR) is 74.1 cm³/mol. The predicted octanol–water partition coefficient (Wildman–Crippen LogP) is 1.32. The Labute approximate surface area is 120 Å². The van der Waals surface area contributed by atoms with Gasteiger partial charge in [0.25, 0.3) is 5.56 Å². The van der Waals surface area contributed by atoms with Crippen LogP contribution in [-0.2, 0) is 6.54 Å². The van der Waals surface area contributed by atoms with Gasteiger partial charge in [-0.15, -0.1) is 0 Å². The molecule has 1 N–H and O–H groups in total. The molecule has 0 aliphatic carbocycles. The van der Waals surface area contributed by atoms with E-state index in [4.69, 9.17) is 0 Å². The quantitative estimate of drug-likeness (QED) is 0.924. The molecule has 0 saturated carbocycles. The summed E-state index contributed by atoms with van der Waals surface area (Å²) in [4.78, 5) is 13.6. The minimum atomic E-state index is -1.36. The first kappa shape index (κ1) is 15.1. The molecule has 7 heteroatoms. The van der Waals surface area contributed by atoms with Gasteiger partial charge in [-0.2, -0.15) is 5.10 Å². The number of aliphatic hydroxyl groups excluding tert-OH is 1. The molecule has 21 heavy (non-hydrogen) atoms. The van der Waals surface area contributed by atoms with Gasteiger partial charge in [0, 0.05) is 25.7 Å². The van der Waals surface area contributed by atoms with Crippen LogP contribution in [0.3, 0.4) is 0 Å². The van der Waals surface area contributed by atoms with Crippen LogP contribution in [-0.4, -0.2) is 29.0 Å². The molecule has 5 nitrogen and oxygen atoms in total. The molecule has 1 atom stereocenters. The molecule has 2 aromatic rings. The Morgan fingerprint density at radius 2 is 2.10 bits per heavy atom. The van der Waals surface area contributed by atoms with E-state index in [1.165, 1.54) is 24.4 Å². The van der Waals surface area contributed by atoms with E-state index in [1.807, 2.05) is 0 Å². The number of anilines is 1. The lowest BCUT2D eigenvalue weighted by molar-refractivity contribution is 0.144. The van der Waals surface area contributed by atoms with Crippen LogP contribution in [0, 0.1) is 11.6 Å². The summed E-state index contributed by atoms with van der Waals surface area (Å²) in [7, 11) is 3.52. The van der Waals surface area contributed by atoms with E-state index < -0.39 is 23.3 Å². The van der Waals surface area contributed by atoms with Crippen LogP contribution in [0.4, 0.5) is 14.5 Å². The molecule has 1 unspecified atom stereocenters. The van der Waals surface area contributed by atoms with Crippen molar-refractivity contribution >= 4 is 5.69 Å². The number of benzene rings is 1. The van der Waals surface area contributed by atoms with E-state index >= 15 is 0 Å². The zero-order valence-electron chi connectivity index (χ0n) is 11.6. The third kappa shape index (κ3) is 3.25. The summed E-state index contributed by atoms with van der Waals surface area (Å²) in [6, 6.07) is 4.87. The zero-order valence-corrected chi connectivity index (χ0v) is 11.6. The molecule has 0 amide bonds. The Bertz CT molecular complexity index is 701. The summed E-state index contributed by atoms with van der Waals surface area (Å²) < 4.78 is 27.7. The molecular formula is C14H15F2N3O2. The van der Waals surface area contributed by atoms with Gasteiger partial charge >= 0.3 is 0 Å². The van der Waals surface area contributed by atoms with Crippen molar-refractivity contribution in [1.29, 1.82) is 0 Å². The van der Waals surface area contributed by atoms with Crippen molar-refractivity contribution in [3.05, 3.63) is 58.0 Å². The topological polar surface area (TPSA) is 58.4 Å². The smallest absolute Gasteiger partial charge is 0.268 e. The van der Waals surface area contributed by atoms with Gasteiger partial charge in [0.2, 0.25) is 0 Å². The maximum Gasteiger partial charge on any atom is 0.268 e. The SMILES string of the molecule is CN(C)c1cnn(CC(O)c2cccc(F)c2F)c(=O)c1. The molecule has 1 aromatic heterocycles. The molecule has 1 heterocycles. The van der Waals surface area contributed by atoms with Gasteiger partial charge in [-0.1, -0.05) is 12.1 Å². The van der Waals surface area contributed by atoms with Crippen molar-refractivity contribution in [2.45, 2.75) is 12.6 Å². The van der Waals surface area contributed by atoms with Crippen LogP contribution in [0.25, 0.3) is 0 Å². The van der Waals surface area contributed by atoms with Crippen LogP contribution in [0.15, 0.2) is 35.3 Å². The van der Waals surface area contributed by atoms with Crippen molar-refractivity contribution in [2.75, 3.05) is 19.0 Å². The molecule has 0 aliphatic heterocycles. The Hall–Kier alpha value is -2.28. The molecule has 1 aromatic carbocycles. The van der Waals surface area contributed by atoms with Gasteiger partial charge in [-0.05, 0) is 6.07 Å². The molecule has 0 saturated heterocycles. The lowest BCUT2D eigenvalue weighted by atomic mass is 10.1. The lowest BCUT2D eigenvalue weighted by Gasteiger charge is -2.15. The molecular weight excluding hydrogens is 280 g/mol. The second-order valence-corrected chi connectivity index (χ2v) is 4.79. The van der Waals surface area contributed by atoms with Gasteiger partial charge in [0.1, 0.15) is 6.10 Å². The van der Waals surface area contributed by atoms with Crippen molar-refractivity contribution in [3.63, 3.8) is 0 Å². The van der Waals surface area contributed by atoms with Crippen molar-refractivity contribution in [3.8, 4) is 0 Å². The lowest BCUT2D eigenvalue weighted by Crippen LogP contribution is -2.27. The van der Waals surface area contributed by atoms with Crippen molar-refractivity contribution < 1.29 is 13.9 Å². The monoisotopic (exact) mass is 295 g/mol. The summed E-state index contributed by atoms with van der Waals surface area (Å²) in [5.74, 6) is -2.17. The number of nitrogens with zero attached hydrogens (tertiary/aromatic N) is 3. The highest BCUT2D eigenvalue weighted by Crippen LogP contribution is 2.20. The standard InChI is InChI=1S/C14H15F2N3O2/c1-18(2)9-6-13(21)19(17-7-9)8-12(20)10-4-3-5-11(15)14(10)16/h3-7,12,20H,8H2,1-2H3. The fourth-order valence-electron chi connectivity index (χ4n) is 1.85. The summed E-state index contributed by atoms with van der Waals surface area (Å²) in [6.45, 7) is -0.257. The van der Waals surface area contributed by atoms with Crippen molar-refractivity contribution in [1.82, 2.24) is 9.78 Å². The fourth-order valence-corrected chi connectivity index (χ4v) is 1.85. The van der Waals surface area contributed by atoms with Crippen molar-refractivity contribution in [2.24, 2.45) is 0 Å². The van der Waals surface area contributed by atoms with Gasteiger partial charge in [0.05, 0.1) is 18.4 Å². The second kappa shape index (κ2) is 6.01. The van der Waals surface area contributed by atoms with E-state index in [1.54, 1.807) is 19.0 Å². The van der Waals surface area contributed by atoms with Crippen LogP contribution >= 0.6 is 0 Å². The normalized spacial score (nSPS) is 12.2. The molecule has 0 spiro atoms. The van der Waals surface area contributed by atoms with Crippen LogP contribution in [0.1, 0.15) is 11.7 Å². The first-order chi connectivity index (χ1) is 9.90. The van der Waals surface area contributed by atoms with Gasteiger partial charge in [-0.25, -0.2) is 13.5 Å². The van der Waals surface area contributed by atoms with Gasteiger partial charge < -0.3 is 10.0 Å². The number of aromatic nitrogens is 2. The second-order valence-electron chi connectivity index (χ2n) is 4.79. The molecule has 0 fully saturated rings. The highest BCUT2D eigenvalue weighted by Gasteiger charge is 2.17. The number of halogens is 2. The Balaban J connectivity index is 2.26. The molecule has 0 aliphatic rings. The average Bonchev–Trinajstić information content (AvgIpc) is 2.43. The number of hydrogen-bond donors (Lipinski definition) is 1. The van der Waals surface area contributed by atoms with Gasteiger partial charge in [0.15, 0.2) is 11.6 Å². The summed E-state index contributed by atoms with van der Waals surface area (Å²) in [5.41, 5.74) is -0.0277. The molecule has 0 bridgehead atoms. The first-order valence-corrected chi connectivity index (χ1v) is 6.26. The van der Waals surface area contributed by atoms with Crippen LogP contribution in [0.5, 0.6) is 0 Å². The summed E-state index contributed by atoms with van der Waals surface area (Å²) in [5, 5.41) is 13.9. The Kier molecular flexibility index (Phi) is 4.32. The third-order valence-corrected chi connectivity index (χ3v) is 3.06. The fraction of sp³-hybridized carbons (Fsp3) is 0.286. The average molecular weight is 295 g/mol. The maximum absolute atomic E-state index is 13.6. The van der Waals surface area contributed by atoms with E-state index in [0.717, 1.165) is 10.7 Å². The van der Waals surface area contributed by atoms with Crippen LogP contribution < -0.4 is 10.5 Å². The molecule has 112 valence electrons. The minimum absolute atomic E-state index is 0.208. The highest BCUT2D eigenvalue weighted by molar-refractivity contribution is 5.40.